The Labute approximate surface area is 116 Å². The van der Waals surface area contributed by atoms with E-state index in [9.17, 15) is 4.79 Å². The fourth-order valence-electron chi connectivity index (χ4n) is 1.52. The van der Waals surface area contributed by atoms with Gasteiger partial charge in [-0.3, -0.25) is 4.79 Å². The summed E-state index contributed by atoms with van der Waals surface area (Å²) in [6.07, 6.45) is 0.707. The minimum absolute atomic E-state index is 0.00162. The van der Waals surface area contributed by atoms with Crippen LogP contribution in [0.1, 0.15) is 30.6 Å². The summed E-state index contributed by atoms with van der Waals surface area (Å²) in [4.78, 5) is 11.9. The van der Waals surface area contributed by atoms with Crippen molar-refractivity contribution in [2.75, 3.05) is 0 Å². The van der Waals surface area contributed by atoms with Crippen LogP contribution in [0.25, 0.3) is 0 Å². The van der Waals surface area contributed by atoms with E-state index in [-0.39, 0.29) is 17.3 Å². The van der Waals surface area contributed by atoms with Crippen LogP contribution in [-0.2, 0) is 0 Å². The zero-order chi connectivity index (χ0) is 13.0. The number of benzene rings is 1. The lowest BCUT2D eigenvalue weighted by Crippen LogP contribution is -2.34. The molecule has 0 saturated carbocycles. The molecule has 0 aliphatic heterocycles. The van der Waals surface area contributed by atoms with Crippen LogP contribution in [0.3, 0.4) is 0 Å². The number of carbonyl (C=O) groups excluding carboxylic acids is 1. The van der Waals surface area contributed by atoms with Crippen molar-refractivity contribution in [1.82, 2.24) is 5.32 Å². The minimum Gasteiger partial charge on any atom is -0.349 e. The molecule has 0 fully saturated rings. The number of halogens is 3. The highest BCUT2D eigenvalue weighted by Gasteiger charge is 2.14. The van der Waals surface area contributed by atoms with Crippen LogP contribution >= 0.6 is 34.8 Å². The third kappa shape index (κ3) is 4.74. The molecule has 17 heavy (non-hydrogen) atoms. The van der Waals surface area contributed by atoms with Crippen LogP contribution in [0.5, 0.6) is 0 Å². The first-order valence-corrected chi connectivity index (χ1v) is 6.49. The van der Waals surface area contributed by atoms with E-state index in [1.165, 1.54) is 0 Å². The Bertz CT molecular complexity index is 407. The van der Waals surface area contributed by atoms with E-state index < -0.39 is 0 Å². The van der Waals surface area contributed by atoms with E-state index in [1.54, 1.807) is 18.2 Å². The van der Waals surface area contributed by atoms with Gasteiger partial charge in [-0.1, -0.05) is 23.2 Å². The summed E-state index contributed by atoms with van der Waals surface area (Å²) in [6, 6.07) is 4.79. The van der Waals surface area contributed by atoms with Gasteiger partial charge < -0.3 is 5.32 Å². The number of hydrogen-bond acceptors (Lipinski definition) is 1. The van der Waals surface area contributed by atoms with Gasteiger partial charge in [0.05, 0.1) is 10.6 Å². The maximum atomic E-state index is 11.9. The number of amides is 1. The molecule has 1 amide bonds. The smallest absolute Gasteiger partial charge is 0.253 e. The first kappa shape index (κ1) is 14.6. The fraction of sp³-hybridized carbons (Fsp3) is 0.417. The highest BCUT2D eigenvalue weighted by atomic mass is 35.5. The molecule has 0 spiro atoms. The van der Waals surface area contributed by atoms with Crippen LogP contribution in [0.4, 0.5) is 0 Å². The van der Waals surface area contributed by atoms with Gasteiger partial charge >= 0.3 is 0 Å². The molecule has 1 rings (SSSR count). The van der Waals surface area contributed by atoms with Gasteiger partial charge in [0, 0.05) is 16.4 Å². The normalized spacial score (nSPS) is 14.2. The summed E-state index contributed by atoms with van der Waals surface area (Å²) in [5.74, 6) is -0.212. The third-order valence-electron chi connectivity index (χ3n) is 2.23. The maximum absolute atomic E-state index is 11.9. The Morgan fingerprint density at radius 2 is 2.00 bits per heavy atom. The number of hydrogen-bond donors (Lipinski definition) is 1. The van der Waals surface area contributed by atoms with Crippen LogP contribution in [0.2, 0.25) is 10.0 Å². The highest BCUT2D eigenvalue weighted by Crippen LogP contribution is 2.21. The summed E-state index contributed by atoms with van der Waals surface area (Å²) in [5, 5.41) is 3.71. The predicted molar refractivity (Wildman–Crippen MR) is 73.3 cm³/mol. The van der Waals surface area contributed by atoms with Gasteiger partial charge in [-0.25, -0.2) is 0 Å². The van der Waals surface area contributed by atoms with Gasteiger partial charge in [-0.2, -0.15) is 0 Å². The summed E-state index contributed by atoms with van der Waals surface area (Å²) < 4.78 is 0. The number of carbonyl (C=O) groups is 1. The Kier molecular flexibility index (Phi) is 5.57. The molecule has 2 unspecified atom stereocenters. The monoisotopic (exact) mass is 293 g/mol. The molecule has 0 saturated heterocycles. The standard InChI is InChI=1S/C12H14Cl3NO/c1-7(13)5-8(2)16-12(17)10-4-3-9(14)6-11(10)15/h3-4,6-8H,5H2,1-2H3,(H,16,17). The van der Waals surface area contributed by atoms with E-state index >= 15 is 0 Å². The van der Waals surface area contributed by atoms with Gasteiger partial charge in [-0.15, -0.1) is 11.6 Å². The third-order valence-corrected chi connectivity index (χ3v) is 2.96. The second-order valence-corrected chi connectivity index (χ2v) is 5.60. The number of alkyl halides is 1. The molecule has 2 atom stereocenters. The first-order chi connectivity index (χ1) is 7.90. The number of nitrogens with one attached hydrogen (secondary N) is 1. The predicted octanol–water partition coefficient (Wildman–Crippen LogP) is 4.13. The molecule has 0 aliphatic rings. The van der Waals surface area contributed by atoms with E-state index in [4.69, 9.17) is 34.8 Å². The molecule has 1 N–H and O–H groups in total. The maximum Gasteiger partial charge on any atom is 0.253 e. The largest absolute Gasteiger partial charge is 0.349 e. The van der Waals surface area contributed by atoms with Gasteiger partial charge in [0.1, 0.15) is 0 Å². The van der Waals surface area contributed by atoms with Crippen molar-refractivity contribution in [3.8, 4) is 0 Å². The van der Waals surface area contributed by atoms with E-state index in [2.05, 4.69) is 5.32 Å². The molecule has 0 heterocycles. The quantitative estimate of drug-likeness (QED) is 0.831. The summed E-state index contributed by atoms with van der Waals surface area (Å²) in [5.41, 5.74) is 0.421. The summed E-state index contributed by atoms with van der Waals surface area (Å²) >= 11 is 17.6. The van der Waals surface area contributed by atoms with Crippen molar-refractivity contribution >= 4 is 40.7 Å². The SMILES string of the molecule is CC(Cl)CC(C)NC(=O)c1ccc(Cl)cc1Cl. The molecular weight excluding hydrogens is 280 g/mol. The molecule has 0 radical (unpaired) electrons. The van der Waals surface area contributed by atoms with Gasteiger partial charge in [0.25, 0.3) is 5.91 Å². The van der Waals surface area contributed by atoms with Gasteiger partial charge in [-0.05, 0) is 38.5 Å². The average Bonchev–Trinajstić information content (AvgIpc) is 2.15. The minimum atomic E-state index is -0.212. The summed E-state index contributed by atoms with van der Waals surface area (Å²) in [7, 11) is 0. The second kappa shape index (κ2) is 6.48. The average molecular weight is 295 g/mol. The first-order valence-electron chi connectivity index (χ1n) is 5.30. The van der Waals surface area contributed by atoms with Crippen LogP contribution in [-0.4, -0.2) is 17.3 Å². The molecule has 0 aliphatic carbocycles. The molecule has 0 aromatic heterocycles. The second-order valence-electron chi connectivity index (χ2n) is 4.02. The van der Waals surface area contributed by atoms with Crippen LogP contribution in [0, 0.1) is 0 Å². The van der Waals surface area contributed by atoms with E-state index in [0.717, 1.165) is 0 Å². The molecule has 1 aromatic carbocycles. The van der Waals surface area contributed by atoms with Crippen LogP contribution in [0.15, 0.2) is 18.2 Å². The van der Waals surface area contributed by atoms with Gasteiger partial charge in [0.2, 0.25) is 0 Å². The number of rotatable bonds is 4. The van der Waals surface area contributed by atoms with Crippen LogP contribution < -0.4 is 5.32 Å². The van der Waals surface area contributed by atoms with Crippen molar-refractivity contribution in [3.63, 3.8) is 0 Å². The van der Waals surface area contributed by atoms with Crippen molar-refractivity contribution in [2.45, 2.75) is 31.7 Å². The Morgan fingerprint density at radius 3 is 2.53 bits per heavy atom. The molecular formula is C12H14Cl3NO. The highest BCUT2D eigenvalue weighted by molar-refractivity contribution is 6.36. The Balaban J connectivity index is 2.70. The van der Waals surface area contributed by atoms with Crippen molar-refractivity contribution in [1.29, 1.82) is 0 Å². The van der Waals surface area contributed by atoms with E-state index in [0.29, 0.717) is 22.0 Å². The molecule has 0 bridgehead atoms. The van der Waals surface area contributed by atoms with Crippen molar-refractivity contribution in [2.24, 2.45) is 0 Å². The lowest BCUT2D eigenvalue weighted by Gasteiger charge is -2.15. The lowest BCUT2D eigenvalue weighted by molar-refractivity contribution is 0.0938. The zero-order valence-electron chi connectivity index (χ0n) is 9.64. The molecule has 94 valence electrons. The Hall–Kier alpha value is -0.440. The van der Waals surface area contributed by atoms with Crippen molar-refractivity contribution < 1.29 is 4.79 Å². The van der Waals surface area contributed by atoms with E-state index in [1.807, 2.05) is 13.8 Å². The zero-order valence-corrected chi connectivity index (χ0v) is 11.9. The molecule has 2 nitrogen and oxygen atoms in total. The Morgan fingerprint density at radius 1 is 1.35 bits per heavy atom. The fourth-order valence-corrected chi connectivity index (χ4v) is 2.28. The topological polar surface area (TPSA) is 29.1 Å². The molecule has 1 aromatic rings. The van der Waals surface area contributed by atoms with Crippen molar-refractivity contribution in [3.05, 3.63) is 33.8 Å². The summed E-state index contributed by atoms with van der Waals surface area (Å²) in [6.45, 7) is 3.79. The lowest BCUT2D eigenvalue weighted by atomic mass is 10.1. The van der Waals surface area contributed by atoms with Gasteiger partial charge in [0.15, 0.2) is 0 Å². The molecule has 5 heteroatoms.